The molecule has 2 nitrogen and oxygen atoms in total. The lowest BCUT2D eigenvalue weighted by atomic mass is 9.98. The van der Waals surface area contributed by atoms with Crippen LogP contribution in [0.3, 0.4) is 0 Å². The van der Waals surface area contributed by atoms with E-state index in [1.165, 1.54) is 6.07 Å². The first kappa shape index (κ1) is 9.19. The van der Waals surface area contributed by atoms with E-state index in [2.05, 4.69) is 0 Å². The summed E-state index contributed by atoms with van der Waals surface area (Å²) in [5.74, 6) is -0.0902. The molecule has 1 saturated heterocycles. The van der Waals surface area contributed by atoms with Crippen molar-refractivity contribution in [1.29, 1.82) is 0 Å². The largest absolute Gasteiger partial charge is 0.345 e. The van der Waals surface area contributed by atoms with Crippen LogP contribution in [-0.2, 0) is 4.79 Å². The minimum atomic E-state index is -0.208. The quantitative estimate of drug-likeness (QED) is 0.665. The van der Waals surface area contributed by atoms with Crippen molar-refractivity contribution in [3.05, 3.63) is 35.6 Å². The molecule has 0 bridgehead atoms. The predicted molar refractivity (Wildman–Crippen MR) is 51.4 cm³/mol. The number of amides is 1. The summed E-state index contributed by atoms with van der Waals surface area (Å²) in [5, 5.41) is 0. The molecule has 0 aliphatic carbocycles. The maximum atomic E-state index is 13.4. The Hall–Kier alpha value is -1.38. The highest BCUT2D eigenvalue weighted by molar-refractivity contribution is 5.79. The molecule has 1 aliphatic heterocycles. The van der Waals surface area contributed by atoms with Gasteiger partial charge in [0.1, 0.15) is 5.82 Å². The van der Waals surface area contributed by atoms with Crippen LogP contribution in [0.2, 0.25) is 0 Å². The summed E-state index contributed by atoms with van der Waals surface area (Å²) in [4.78, 5) is 12.9. The molecule has 14 heavy (non-hydrogen) atoms. The van der Waals surface area contributed by atoms with Gasteiger partial charge in [0.25, 0.3) is 0 Å². The highest BCUT2D eigenvalue weighted by atomic mass is 19.1. The first-order valence-electron chi connectivity index (χ1n) is 4.67. The Morgan fingerprint density at radius 1 is 1.43 bits per heavy atom. The van der Waals surface area contributed by atoms with Gasteiger partial charge in [-0.15, -0.1) is 0 Å². The summed E-state index contributed by atoms with van der Waals surface area (Å²) in [6, 6.07) is 6.67. The van der Waals surface area contributed by atoms with E-state index >= 15 is 0 Å². The predicted octanol–water partition coefficient (Wildman–Crippen LogP) is 1.77. The van der Waals surface area contributed by atoms with Crippen LogP contribution in [0, 0.1) is 5.82 Å². The minimum absolute atomic E-state index is 0.0219. The normalized spacial score (nSPS) is 21.7. The number of likely N-dealkylation sites (tertiary alicyclic amines) is 1. The Balaban J connectivity index is 2.25. The SMILES string of the molecule is CN1CC(c2ccccc2F)CC1=O. The fourth-order valence-electron chi connectivity index (χ4n) is 1.88. The summed E-state index contributed by atoms with van der Waals surface area (Å²) in [6.07, 6.45) is 0.428. The molecule has 0 radical (unpaired) electrons. The zero-order valence-corrected chi connectivity index (χ0v) is 8.03. The van der Waals surface area contributed by atoms with E-state index in [9.17, 15) is 9.18 Å². The lowest BCUT2D eigenvalue weighted by Crippen LogP contribution is -2.18. The van der Waals surface area contributed by atoms with E-state index < -0.39 is 0 Å². The van der Waals surface area contributed by atoms with Crippen LogP contribution in [0.15, 0.2) is 24.3 Å². The van der Waals surface area contributed by atoms with Gasteiger partial charge in [-0.2, -0.15) is 0 Å². The van der Waals surface area contributed by atoms with E-state index in [-0.39, 0.29) is 17.6 Å². The molecule has 1 atom stereocenters. The Morgan fingerprint density at radius 3 is 2.71 bits per heavy atom. The van der Waals surface area contributed by atoms with Gasteiger partial charge < -0.3 is 4.90 Å². The molecule has 0 aromatic heterocycles. The van der Waals surface area contributed by atoms with E-state index in [0.29, 0.717) is 18.5 Å². The lowest BCUT2D eigenvalue weighted by Gasteiger charge is -2.10. The molecule has 1 aromatic carbocycles. The van der Waals surface area contributed by atoms with Crippen LogP contribution in [0.25, 0.3) is 0 Å². The van der Waals surface area contributed by atoms with Gasteiger partial charge in [-0.05, 0) is 11.6 Å². The fourth-order valence-corrected chi connectivity index (χ4v) is 1.88. The first-order chi connectivity index (χ1) is 6.68. The molecule has 0 spiro atoms. The minimum Gasteiger partial charge on any atom is -0.345 e. The standard InChI is InChI=1S/C11H12FNO/c1-13-7-8(6-11(13)14)9-4-2-3-5-10(9)12/h2-5,8H,6-7H2,1H3. The van der Waals surface area contributed by atoms with Gasteiger partial charge >= 0.3 is 0 Å². The number of benzene rings is 1. The molecule has 0 N–H and O–H groups in total. The van der Waals surface area contributed by atoms with Gasteiger partial charge in [-0.1, -0.05) is 18.2 Å². The van der Waals surface area contributed by atoms with E-state index in [4.69, 9.17) is 0 Å². The van der Waals surface area contributed by atoms with Crippen LogP contribution in [0.1, 0.15) is 17.9 Å². The zero-order chi connectivity index (χ0) is 10.1. The topological polar surface area (TPSA) is 20.3 Å². The van der Waals surface area contributed by atoms with Crippen molar-refractivity contribution in [1.82, 2.24) is 4.90 Å². The molecular formula is C11H12FNO. The van der Waals surface area contributed by atoms with E-state index in [1.807, 2.05) is 0 Å². The second-order valence-electron chi connectivity index (χ2n) is 3.70. The van der Waals surface area contributed by atoms with Crippen LogP contribution in [-0.4, -0.2) is 24.4 Å². The molecule has 0 saturated carbocycles. The molecular weight excluding hydrogens is 181 g/mol. The van der Waals surface area contributed by atoms with Crippen molar-refractivity contribution in [2.24, 2.45) is 0 Å². The van der Waals surface area contributed by atoms with Gasteiger partial charge in [-0.25, -0.2) is 4.39 Å². The molecule has 74 valence electrons. The van der Waals surface area contributed by atoms with Gasteiger partial charge in [0, 0.05) is 25.9 Å². The summed E-state index contributed by atoms with van der Waals surface area (Å²) in [6.45, 7) is 0.625. The Morgan fingerprint density at radius 2 is 2.14 bits per heavy atom. The number of hydrogen-bond acceptors (Lipinski definition) is 1. The number of halogens is 1. The smallest absolute Gasteiger partial charge is 0.223 e. The van der Waals surface area contributed by atoms with Crippen molar-refractivity contribution in [2.75, 3.05) is 13.6 Å². The number of rotatable bonds is 1. The molecule has 1 aliphatic rings. The van der Waals surface area contributed by atoms with Gasteiger partial charge in [0.2, 0.25) is 5.91 Å². The molecule has 2 rings (SSSR count). The molecule has 3 heteroatoms. The van der Waals surface area contributed by atoms with Gasteiger partial charge in [-0.3, -0.25) is 4.79 Å². The van der Waals surface area contributed by atoms with E-state index in [1.54, 1.807) is 30.1 Å². The first-order valence-corrected chi connectivity index (χ1v) is 4.67. The van der Waals surface area contributed by atoms with Gasteiger partial charge in [0.15, 0.2) is 0 Å². The van der Waals surface area contributed by atoms with E-state index in [0.717, 1.165) is 0 Å². The third-order valence-electron chi connectivity index (χ3n) is 2.69. The molecule has 1 unspecified atom stereocenters. The van der Waals surface area contributed by atoms with Crippen LogP contribution in [0.5, 0.6) is 0 Å². The number of hydrogen-bond donors (Lipinski definition) is 0. The second-order valence-corrected chi connectivity index (χ2v) is 3.70. The third-order valence-corrected chi connectivity index (χ3v) is 2.69. The molecule has 1 fully saturated rings. The second kappa shape index (κ2) is 3.40. The summed E-state index contributed by atoms with van der Waals surface area (Å²) in [5.41, 5.74) is 0.658. The highest BCUT2D eigenvalue weighted by Gasteiger charge is 2.29. The average Bonchev–Trinajstić information content (AvgIpc) is 2.48. The molecule has 1 amide bonds. The number of carbonyl (C=O) groups is 1. The van der Waals surface area contributed by atoms with Crippen molar-refractivity contribution in [3.8, 4) is 0 Å². The molecule has 1 aromatic rings. The highest BCUT2D eigenvalue weighted by Crippen LogP contribution is 2.28. The maximum Gasteiger partial charge on any atom is 0.223 e. The number of carbonyl (C=O) groups excluding carboxylic acids is 1. The van der Waals surface area contributed by atoms with Crippen molar-refractivity contribution in [2.45, 2.75) is 12.3 Å². The Labute approximate surface area is 82.3 Å². The monoisotopic (exact) mass is 193 g/mol. The number of nitrogens with zero attached hydrogens (tertiary/aromatic N) is 1. The summed E-state index contributed by atoms with van der Waals surface area (Å²) in [7, 11) is 1.75. The zero-order valence-electron chi connectivity index (χ0n) is 8.03. The maximum absolute atomic E-state index is 13.4. The fraction of sp³-hybridized carbons (Fsp3) is 0.364. The number of likely N-dealkylation sites (N-methyl/N-ethyl adjacent to an activating group) is 1. The van der Waals surface area contributed by atoms with Crippen LogP contribution >= 0.6 is 0 Å². The van der Waals surface area contributed by atoms with Crippen LogP contribution < -0.4 is 0 Å². The van der Waals surface area contributed by atoms with Crippen molar-refractivity contribution < 1.29 is 9.18 Å². The van der Waals surface area contributed by atoms with Crippen molar-refractivity contribution >= 4 is 5.91 Å². The summed E-state index contributed by atoms with van der Waals surface area (Å²) < 4.78 is 13.4. The lowest BCUT2D eigenvalue weighted by molar-refractivity contribution is -0.126. The molecule has 1 heterocycles. The Bertz CT molecular complexity index is 364. The Kier molecular flexibility index (Phi) is 2.23. The van der Waals surface area contributed by atoms with Gasteiger partial charge in [0.05, 0.1) is 0 Å². The third kappa shape index (κ3) is 1.50. The average molecular weight is 193 g/mol. The van der Waals surface area contributed by atoms with Crippen molar-refractivity contribution in [3.63, 3.8) is 0 Å². The van der Waals surface area contributed by atoms with Crippen LogP contribution in [0.4, 0.5) is 4.39 Å². The summed E-state index contributed by atoms with van der Waals surface area (Å²) >= 11 is 0.